The fourth-order valence-electron chi connectivity index (χ4n) is 5.57. The summed E-state index contributed by atoms with van der Waals surface area (Å²) in [5.74, 6) is -0.582. The standard InChI is InChI=1S/C28H29F2N3O3/c1-35-27-21(7-4-18-3-2-10-31-26(18)27)19-13-23(29)22(24(30)14-19)15-32-11-8-28(9-12-32)17-33(20-5-6-20)25(34)16-36-28/h2-4,7,10,13-14,20H,5-6,8-9,11-12,15-17H2,1H3. The van der Waals surface area contributed by atoms with Crippen molar-refractivity contribution in [2.24, 2.45) is 0 Å². The number of ether oxygens (including phenoxy) is 2. The first-order valence-electron chi connectivity index (χ1n) is 12.5. The molecule has 6 nitrogen and oxygen atoms in total. The van der Waals surface area contributed by atoms with Crippen molar-refractivity contribution in [1.82, 2.24) is 14.8 Å². The average Bonchev–Trinajstić information content (AvgIpc) is 3.73. The molecule has 3 fully saturated rings. The number of piperidine rings is 1. The van der Waals surface area contributed by atoms with Crippen LogP contribution in [-0.2, 0) is 16.1 Å². The van der Waals surface area contributed by atoms with Gasteiger partial charge in [-0.05, 0) is 55.5 Å². The summed E-state index contributed by atoms with van der Waals surface area (Å²) in [6.07, 6.45) is 5.30. The van der Waals surface area contributed by atoms with E-state index in [2.05, 4.69) is 9.88 Å². The first-order valence-corrected chi connectivity index (χ1v) is 12.5. The third-order valence-electron chi connectivity index (χ3n) is 7.80. The predicted molar refractivity (Wildman–Crippen MR) is 132 cm³/mol. The summed E-state index contributed by atoms with van der Waals surface area (Å²) >= 11 is 0. The van der Waals surface area contributed by atoms with Crippen LogP contribution in [0.2, 0.25) is 0 Å². The summed E-state index contributed by atoms with van der Waals surface area (Å²) in [5.41, 5.74) is 1.38. The number of rotatable bonds is 5. The van der Waals surface area contributed by atoms with Gasteiger partial charge in [0.1, 0.15) is 23.8 Å². The number of morpholine rings is 1. The van der Waals surface area contributed by atoms with E-state index in [1.165, 1.54) is 19.2 Å². The van der Waals surface area contributed by atoms with Crippen LogP contribution in [0.15, 0.2) is 42.6 Å². The van der Waals surface area contributed by atoms with Crippen LogP contribution in [0.1, 0.15) is 31.2 Å². The Kier molecular flexibility index (Phi) is 5.88. The molecule has 0 N–H and O–H groups in total. The topological polar surface area (TPSA) is 54.9 Å². The highest BCUT2D eigenvalue weighted by molar-refractivity contribution is 5.92. The van der Waals surface area contributed by atoms with E-state index in [0.717, 1.165) is 31.1 Å². The Hall–Kier alpha value is -3.10. The van der Waals surface area contributed by atoms with E-state index >= 15 is 8.78 Å². The Morgan fingerprint density at radius 2 is 1.89 bits per heavy atom. The van der Waals surface area contributed by atoms with Crippen LogP contribution in [0.4, 0.5) is 8.78 Å². The minimum Gasteiger partial charge on any atom is -0.494 e. The SMILES string of the molecule is COc1c(-c2cc(F)c(CN3CCC4(CC3)CN(C3CC3)C(=O)CO4)c(F)c2)ccc2cccnc12. The van der Waals surface area contributed by atoms with Crippen molar-refractivity contribution in [3.63, 3.8) is 0 Å². The van der Waals surface area contributed by atoms with Crippen LogP contribution in [0, 0.1) is 11.6 Å². The number of fused-ring (bicyclic) bond motifs is 1. The molecule has 1 aromatic heterocycles. The highest BCUT2D eigenvalue weighted by Crippen LogP contribution is 2.38. The highest BCUT2D eigenvalue weighted by atomic mass is 19.1. The molecule has 188 valence electrons. The van der Waals surface area contributed by atoms with E-state index in [-0.39, 0.29) is 30.2 Å². The minimum absolute atomic E-state index is 0.0620. The second-order valence-electron chi connectivity index (χ2n) is 10.1. The van der Waals surface area contributed by atoms with Crippen LogP contribution >= 0.6 is 0 Å². The van der Waals surface area contributed by atoms with Crippen molar-refractivity contribution in [1.29, 1.82) is 0 Å². The molecule has 3 aromatic rings. The van der Waals surface area contributed by atoms with Crippen molar-refractivity contribution in [2.75, 3.05) is 33.4 Å². The van der Waals surface area contributed by atoms with Gasteiger partial charge in [0.15, 0.2) is 5.75 Å². The molecule has 36 heavy (non-hydrogen) atoms. The van der Waals surface area contributed by atoms with Crippen LogP contribution in [0.25, 0.3) is 22.0 Å². The molecule has 0 radical (unpaired) electrons. The fraction of sp³-hybridized carbons (Fsp3) is 0.429. The maximum absolute atomic E-state index is 15.2. The number of halogens is 2. The number of methoxy groups -OCH3 is 1. The van der Waals surface area contributed by atoms with Crippen molar-refractivity contribution in [2.45, 2.75) is 43.9 Å². The molecule has 0 unspecified atom stereocenters. The van der Waals surface area contributed by atoms with Gasteiger partial charge in [-0.2, -0.15) is 0 Å². The number of pyridine rings is 1. The third-order valence-corrected chi connectivity index (χ3v) is 7.80. The predicted octanol–water partition coefficient (Wildman–Crippen LogP) is 4.54. The summed E-state index contributed by atoms with van der Waals surface area (Å²) in [6.45, 7) is 2.28. The van der Waals surface area contributed by atoms with E-state index in [1.807, 2.05) is 23.1 Å². The largest absolute Gasteiger partial charge is 0.494 e. The van der Waals surface area contributed by atoms with E-state index in [9.17, 15) is 4.79 Å². The molecule has 2 saturated heterocycles. The molecule has 2 aromatic carbocycles. The van der Waals surface area contributed by atoms with Crippen molar-refractivity contribution in [3.8, 4) is 16.9 Å². The van der Waals surface area contributed by atoms with Gasteiger partial charge in [-0.1, -0.05) is 12.1 Å². The lowest BCUT2D eigenvalue weighted by atomic mass is 9.89. The molecule has 1 spiro atoms. The number of hydrogen-bond acceptors (Lipinski definition) is 5. The van der Waals surface area contributed by atoms with Gasteiger partial charge in [-0.3, -0.25) is 14.7 Å². The first kappa shape index (κ1) is 23.3. The van der Waals surface area contributed by atoms with Gasteiger partial charge in [0, 0.05) is 48.4 Å². The zero-order chi connectivity index (χ0) is 24.9. The Bertz CT molecular complexity index is 1300. The molecule has 8 heteroatoms. The first-order chi connectivity index (χ1) is 17.5. The summed E-state index contributed by atoms with van der Waals surface area (Å²) in [7, 11) is 1.53. The van der Waals surface area contributed by atoms with E-state index < -0.39 is 11.6 Å². The number of carbonyl (C=O) groups excluding carboxylic acids is 1. The van der Waals surface area contributed by atoms with Crippen molar-refractivity contribution < 1.29 is 23.0 Å². The van der Waals surface area contributed by atoms with Gasteiger partial charge in [0.25, 0.3) is 0 Å². The molecule has 1 saturated carbocycles. The lowest BCUT2D eigenvalue weighted by Gasteiger charge is -2.47. The maximum Gasteiger partial charge on any atom is 0.248 e. The lowest BCUT2D eigenvalue weighted by Crippen LogP contribution is -2.59. The number of nitrogens with zero attached hydrogens (tertiary/aromatic N) is 3. The molecule has 0 atom stereocenters. The number of hydrogen-bond donors (Lipinski definition) is 0. The Morgan fingerprint density at radius 1 is 1.14 bits per heavy atom. The summed E-state index contributed by atoms with van der Waals surface area (Å²) in [5, 5.41) is 0.894. The molecular weight excluding hydrogens is 464 g/mol. The fourth-order valence-corrected chi connectivity index (χ4v) is 5.57. The number of benzene rings is 2. The lowest BCUT2D eigenvalue weighted by molar-refractivity contribution is -0.172. The van der Waals surface area contributed by atoms with Crippen LogP contribution in [0.3, 0.4) is 0 Å². The number of amides is 1. The molecule has 3 aliphatic rings. The average molecular weight is 494 g/mol. The number of carbonyl (C=O) groups is 1. The zero-order valence-corrected chi connectivity index (χ0v) is 20.3. The minimum atomic E-state index is -0.576. The van der Waals surface area contributed by atoms with Crippen molar-refractivity contribution in [3.05, 3.63) is 59.8 Å². The Morgan fingerprint density at radius 3 is 2.58 bits per heavy atom. The molecule has 0 bridgehead atoms. The highest BCUT2D eigenvalue weighted by Gasteiger charge is 2.46. The third kappa shape index (κ3) is 4.22. The van der Waals surface area contributed by atoms with Gasteiger partial charge in [-0.25, -0.2) is 8.78 Å². The maximum atomic E-state index is 15.2. The van der Waals surface area contributed by atoms with Crippen molar-refractivity contribution >= 4 is 16.8 Å². The number of aromatic nitrogens is 1. The second-order valence-corrected chi connectivity index (χ2v) is 10.1. The van der Waals surface area contributed by atoms with Gasteiger partial charge >= 0.3 is 0 Å². The summed E-state index contributed by atoms with van der Waals surface area (Å²) < 4.78 is 42.1. The molecule has 3 heterocycles. The van der Waals surface area contributed by atoms with Gasteiger partial charge in [-0.15, -0.1) is 0 Å². The zero-order valence-electron chi connectivity index (χ0n) is 20.3. The summed E-state index contributed by atoms with van der Waals surface area (Å²) in [6, 6.07) is 10.6. The molecular formula is C28H29F2N3O3. The molecule has 6 rings (SSSR count). The van der Waals surface area contributed by atoms with E-state index in [1.54, 1.807) is 12.3 Å². The smallest absolute Gasteiger partial charge is 0.248 e. The monoisotopic (exact) mass is 493 g/mol. The van der Waals surface area contributed by atoms with E-state index in [4.69, 9.17) is 9.47 Å². The van der Waals surface area contributed by atoms with Gasteiger partial charge < -0.3 is 14.4 Å². The number of likely N-dealkylation sites (tertiary alicyclic amines) is 1. The quantitative estimate of drug-likeness (QED) is 0.522. The molecule has 2 aliphatic heterocycles. The van der Waals surface area contributed by atoms with Gasteiger partial charge in [0.2, 0.25) is 5.91 Å². The van der Waals surface area contributed by atoms with Crippen LogP contribution in [-0.4, -0.2) is 65.7 Å². The van der Waals surface area contributed by atoms with Crippen LogP contribution < -0.4 is 4.74 Å². The summed E-state index contributed by atoms with van der Waals surface area (Å²) in [4.78, 5) is 20.6. The van der Waals surface area contributed by atoms with Gasteiger partial charge in [0.05, 0.1) is 19.3 Å². The van der Waals surface area contributed by atoms with Crippen LogP contribution in [0.5, 0.6) is 5.75 Å². The molecule has 1 aliphatic carbocycles. The normalized spacial score (nSPS) is 20.3. The second kappa shape index (κ2) is 9.09. The Balaban J connectivity index is 1.19. The Labute approximate surface area is 208 Å². The molecule has 1 amide bonds. The van der Waals surface area contributed by atoms with E-state index in [0.29, 0.717) is 48.1 Å².